The summed E-state index contributed by atoms with van der Waals surface area (Å²) in [5.74, 6) is 2.73. The number of carbonyl (C=O) groups excluding carboxylic acids is 1. The Morgan fingerprint density at radius 3 is 2.25 bits per heavy atom. The van der Waals surface area contributed by atoms with Crippen LogP contribution in [-0.2, 0) is 6.42 Å². The summed E-state index contributed by atoms with van der Waals surface area (Å²) in [5, 5.41) is 2.99. The number of hydrogen-bond donors (Lipinski definition) is 1. The molecule has 24 heavy (non-hydrogen) atoms. The molecule has 0 saturated carbocycles. The second-order valence-corrected chi connectivity index (χ2v) is 6.17. The Bertz CT molecular complexity index is 554. The van der Waals surface area contributed by atoms with Gasteiger partial charge in [0.2, 0.25) is 0 Å². The van der Waals surface area contributed by atoms with Crippen LogP contribution in [0.25, 0.3) is 0 Å². The summed E-state index contributed by atoms with van der Waals surface area (Å²) in [6, 6.07) is 3.72. The number of amides is 2. The average molecular weight is 336 g/mol. The lowest BCUT2D eigenvalue weighted by Crippen LogP contribution is -2.44. The Balaban J connectivity index is 1.92. The zero-order chi connectivity index (χ0) is 17.5. The number of hydrogen-bond acceptors (Lipinski definition) is 4. The Hall–Kier alpha value is -2.11. The Kier molecular flexibility index (Phi) is 6.58. The molecule has 0 atom stereocenters. The highest BCUT2D eigenvalue weighted by Crippen LogP contribution is 2.34. The summed E-state index contributed by atoms with van der Waals surface area (Å²) in [6.45, 7) is 4.47. The minimum Gasteiger partial charge on any atom is -0.496 e. The number of nitrogens with one attached hydrogen (secondary N) is 1. The number of rotatable bonds is 6. The second-order valence-electron chi connectivity index (χ2n) is 6.17. The molecule has 1 aliphatic heterocycles. The first-order valence-electron chi connectivity index (χ1n) is 8.40. The molecular weight excluding hydrogens is 308 g/mol. The molecule has 0 radical (unpaired) electrons. The maximum atomic E-state index is 12.2. The summed E-state index contributed by atoms with van der Waals surface area (Å²) in [6.07, 6.45) is 2.83. The quantitative estimate of drug-likeness (QED) is 0.868. The monoisotopic (exact) mass is 336 g/mol. The summed E-state index contributed by atoms with van der Waals surface area (Å²) in [5.41, 5.74) is 0.975. The van der Waals surface area contributed by atoms with E-state index in [2.05, 4.69) is 12.2 Å². The van der Waals surface area contributed by atoms with Gasteiger partial charge in [0.15, 0.2) is 11.5 Å². The van der Waals surface area contributed by atoms with Crippen LogP contribution in [0, 0.1) is 5.92 Å². The lowest BCUT2D eigenvalue weighted by Gasteiger charge is -2.30. The molecule has 0 spiro atoms. The average Bonchev–Trinajstić information content (AvgIpc) is 2.61. The van der Waals surface area contributed by atoms with Crippen molar-refractivity contribution in [2.45, 2.75) is 26.2 Å². The third-order valence-electron chi connectivity index (χ3n) is 4.53. The molecule has 6 heteroatoms. The molecule has 0 bridgehead atoms. The van der Waals surface area contributed by atoms with Crippen molar-refractivity contribution in [3.8, 4) is 17.2 Å². The fourth-order valence-electron chi connectivity index (χ4n) is 2.92. The molecule has 1 aliphatic rings. The smallest absolute Gasteiger partial charge is 0.317 e. The predicted octanol–water partition coefficient (Wildman–Crippen LogP) is 2.70. The number of ether oxygens (including phenoxy) is 3. The van der Waals surface area contributed by atoms with Crippen LogP contribution in [0.1, 0.15) is 25.3 Å². The molecule has 2 amide bonds. The largest absolute Gasteiger partial charge is 0.496 e. The molecular formula is C18H28N2O4. The van der Waals surface area contributed by atoms with Crippen LogP contribution in [0.15, 0.2) is 12.1 Å². The first kappa shape index (κ1) is 18.2. The third kappa shape index (κ3) is 4.46. The van der Waals surface area contributed by atoms with Gasteiger partial charge in [0.1, 0.15) is 5.75 Å². The fraction of sp³-hybridized carbons (Fsp3) is 0.611. The van der Waals surface area contributed by atoms with E-state index in [4.69, 9.17) is 14.2 Å². The van der Waals surface area contributed by atoms with Crippen molar-refractivity contribution >= 4 is 6.03 Å². The summed E-state index contributed by atoms with van der Waals surface area (Å²) >= 11 is 0. The molecule has 1 heterocycles. The molecule has 6 nitrogen and oxygen atoms in total. The molecule has 1 saturated heterocycles. The van der Waals surface area contributed by atoms with Gasteiger partial charge in [-0.2, -0.15) is 0 Å². The van der Waals surface area contributed by atoms with E-state index in [0.717, 1.165) is 37.2 Å². The van der Waals surface area contributed by atoms with Gasteiger partial charge in [-0.25, -0.2) is 4.79 Å². The van der Waals surface area contributed by atoms with Gasteiger partial charge in [0, 0.05) is 25.7 Å². The van der Waals surface area contributed by atoms with Gasteiger partial charge in [0.05, 0.1) is 21.3 Å². The lowest BCUT2D eigenvalue weighted by molar-refractivity contribution is 0.174. The number of methoxy groups -OCH3 is 3. The van der Waals surface area contributed by atoms with Gasteiger partial charge in [0.25, 0.3) is 0 Å². The van der Waals surface area contributed by atoms with Gasteiger partial charge >= 0.3 is 6.03 Å². The highest BCUT2D eigenvalue weighted by Gasteiger charge is 2.20. The zero-order valence-corrected chi connectivity index (χ0v) is 15.1. The molecule has 1 N–H and O–H groups in total. The van der Waals surface area contributed by atoms with Gasteiger partial charge in [-0.1, -0.05) is 6.92 Å². The maximum Gasteiger partial charge on any atom is 0.317 e. The van der Waals surface area contributed by atoms with E-state index in [1.54, 1.807) is 21.3 Å². The van der Waals surface area contributed by atoms with Gasteiger partial charge in [-0.15, -0.1) is 0 Å². The van der Waals surface area contributed by atoms with Crippen molar-refractivity contribution in [2.75, 3.05) is 41.0 Å². The van der Waals surface area contributed by atoms with Crippen LogP contribution in [-0.4, -0.2) is 51.9 Å². The van der Waals surface area contributed by atoms with Gasteiger partial charge in [-0.05, 0) is 36.8 Å². The first-order valence-corrected chi connectivity index (χ1v) is 8.40. The number of nitrogens with zero attached hydrogens (tertiary/aromatic N) is 1. The molecule has 0 aromatic heterocycles. The summed E-state index contributed by atoms with van der Waals surface area (Å²) < 4.78 is 16.0. The number of likely N-dealkylation sites (tertiary alicyclic amines) is 1. The van der Waals surface area contributed by atoms with Crippen LogP contribution < -0.4 is 19.5 Å². The zero-order valence-electron chi connectivity index (χ0n) is 15.1. The van der Waals surface area contributed by atoms with E-state index in [0.29, 0.717) is 30.4 Å². The molecule has 1 aromatic carbocycles. The topological polar surface area (TPSA) is 60.0 Å². The fourth-order valence-corrected chi connectivity index (χ4v) is 2.92. The van der Waals surface area contributed by atoms with Crippen LogP contribution >= 0.6 is 0 Å². The maximum absolute atomic E-state index is 12.2. The Labute approximate surface area is 144 Å². The predicted molar refractivity (Wildman–Crippen MR) is 93.2 cm³/mol. The molecule has 2 rings (SSSR count). The molecule has 1 fully saturated rings. The number of benzene rings is 1. The Morgan fingerprint density at radius 1 is 1.08 bits per heavy atom. The molecule has 0 unspecified atom stereocenters. The number of urea groups is 1. The van der Waals surface area contributed by atoms with E-state index in [1.165, 1.54) is 0 Å². The van der Waals surface area contributed by atoms with Crippen molar-refractivity contribution in [3.63, 3.8) is 0 Å². The van der Waals surface area contributed by atoms with Crippen molar-refractivity contribution in [3.05, 3.63) is 17.7 Å². The van der Waals surface area contributed by atoms with E-state index in [1.807, 2.05) is 17.0 Å². The van der Waals surface area contributed by atoms with Crippen molar-refractivity contribution < 1.29 is 19.0 Å². The minimum atomic E-state index is 0.0151. The minimum absolute atomic E-state index is 0.0151. The molecule has 1 aromatic rings. The van der Waals surface area contributed by atoms with Crippen molar-refractivity contribution in [1.82, 2.24) is 10.2 Å². The van der Waals surface area contributed by atoms with Gasteiger partial charge < -0.3 is 24.4 Å². The highest BCUT2D eigenvalue weighted by atomic mass is 16.5. The SMILES string of the molecule is COc1cc(OC)c(OC)cc1CCNC(=O)N1CCC(C)CC1. The van der Waals surface area contributed by atoms with Crippen molar-refractivity contribution in [2.24, 2.45) is 5.92 Å². The van der Waals surface area contributed by atoms with E-state index >= 15 is 0 Å². The van der Waals surface area contributed by atoms with E-state index < -0.39 is 0 Å². The molecule has 0 aliphatic carbocycles. The lowest BCUT2D eigenvalue weighted by atomic mass is 10.00. The van der Waals surface area contributed by atoms with Gasteiger partial charge in [-0.3, -0.25) is 0 Å². The normalized spacial score (nSPS) is 15.1. The van der Waals surface area contributed by atoms with Crippen molar-refractivity contribution in [1.29, 1.82) is 0 Å². The number of piperidine rings is 1. The van der Waals surface area contributed by atoms with Crippen LogP contribution in [0.2, 0.25) is 0 Å². The second kappa shape index (κ2) is 8.66. The van der Waals surface area contributed by atoms with E-state index in [9.17, 15) is 4.79 Å². The van der Waals surface area contributed by atoms with Crippen LogP contribution in [0.4, 0.5) is 4.79 Å². The Morgan fingerprint density at radius 2 is 1.67 bits per heavy atom. The third-order valence-corrected chi connectivity index (χ3v) is 4.53. The standard InChI is InChI=1S/C18H28N2O4/c1-13-6-9-20(10-7-13)18(21)19-8-5-14-11-16(23-3)17(24-4)12-15(14)22-2/h11-13H,5-10H2,1-4H3,(H,19,21). The van der Waals surface area contributed by atoms with Crippen LogP contribution in [0.3, 0.4) is 0 Å². The molecule has 134 valence electrons. The highest BCUT2D eigenvalue weighted by molar-refractivity contribution is 5.74. The van der Waals surface area contributed by atoms with E-state index in [-0.39, 0.29) is 6.03 Å². The first-order chi connectivity index (χ1) is 11.6. The summed E-state index contributed by atoms with van der Waals surface area (Å²) in [4.78, 5) is 14.1. The van der Waals surface area contributed by atoms with Crippen LogP contribution in [0.5, 0.6) is 17.2 Å². The number of carbonyl (C=O) groups is 1. The summed E-state index contributed by atoms with van der Waals surface area (Å²) in [7, 11) is 4.82.